The molecule has 2 aromatic heterocycles. The molecule has 0 fully saturated rings. The minimum atomic E-state index is -0.380. The number of rotatable bonds is 7. The third kappa shape index (κ3) is 4.14. The van der Waals surface area contributed by atoms with Gasteiger partial charge in [0.15, 0.2) is 0 Å². The molecule has 0 spiro atoms. The first-order valence-corrected chi connectivity index (χ1v) is 8.44. The lowest BCUT2D eigenvalue weighted by atomic mass is 10.1. The van der Waals surface area contributed by atoms with E-state index in [0.717, 1.165) is 24.1 Å². The van der Waals surface area contributed by atoms with Crippen molar-refractivity contribution >= 4 is 5.91 Å². The summed E-state index contributed by atoms with van der Waals surface area (Å²) in [5.41, 5.74) is 2.40. The van der Waals surface area contributed by atoms with Crippen molar-refractivity contribution in [3.63, 3.8) is 0 Å². The van der Waals surface area contributed by atoms with Gasteiger partial charge in [-0.15, -0.1) is 0 Å². The maximum atomic E-state index is 13.3. The average molecular weight is 356 g/mol. The SMILES string of the molecule is C[C@@H](C(=O)N(C)CCCc1cc(-c2cccc(F)c2)n[nH]1)n1cncn1. The van der Waals surface area contributed by atoms with Crippen molar-refractivity contribution in [2.75, 3.05) is 13.6 Å². The van der Waals surface area contributed by atoms with Crippen LogP contribution in [-0.4, -0.2) is 49.4 Å². The van der Waals surface area contributed by atoms with E-state index in [9.17, 15) is 9.18 Å². The highest BCUT2D eigenvalue weighted by Crippen LogP contribution is 2.19. The molecule has 26 heavy (non-hydrogen) atoms. The van der Waals surface area contributed by atoms with Gasteiger partial charge >= 0.3 is 0 Å². The molecule has 0 aliphatic heterocycles. The van der Waals surface area contributed by atoms with Gasteiger partial charge < -0.3 is 4.90 Å². The molecular formula is C18H21FN6O. The fraction of sp³-hybridized carbons (Fsp3) is 0.333. The van der Waals surface area contributed by atoms with E-state index in [4.69, 9.17) is 0 Å². The Kier molecular flexibility index (Phi) is 5.40. The molecule has 1 aromatic carbocycles. The van der Waals surface area contributed by atoms with Gasteiger partial charge in [0, 0.05) is 24.8 Å². The molecule has 0 aliphatic rings. The molecule has 8 heteroatoms. The molecular weight excluding hydrogens is 335 g/mol. The number of hydrogen-bond donors (Lipinski definition) is 1. The molecule has 2 heterocycles. The summed E-state index contributed by atoms with van der Waals surface area (Å²) in [6.45, 7) is 2.42. The van der Waals surface area contributed by atoms with Crippen LogP contribution in [0.5, 0.6) is 0 Å². The van der Waals surface area contributed by atoms with Crippen molar-refractivity contribution in [2.24, 2.45) is 0 Å². The van der Waals surface area contributed by atoms with Crippen molar-refractivity contribution < 1.29 is 9.18 Å². The summed E-state index contributed by atoms with van der Waals surface area (Å²) in [6, 6.07) is 7.88. The number of aryl methyl sites for hydroxylation is 1. The molecule has 0 unspecified atom stereocenters. The van der Waals surface area contributed by atoms with Gasteiger partial charge in [-0.2, -0.15) is 10.2 Å². The second kappa shape index (κ2) is 7.90. The molecule has 1 atom stereocenters. The van der Waals surface area contributed by atoms with E-state index in [2.05, 4.69) is 20.3 Å². The fourth-order valence-corrected chi connectivity index (χ4v) is 2.75. The number of halogens is 1. The third-order valence-corrected chi connectivity index (χ3v) is 4.26. The number of benzene rings is 1. The minimum Gasteiger partial charge on any atom is -0.344 e. The van der Waals surface area contributed by atoms with Crippen LogP contribution in [0.1, 0.15) is 25.1 Å². The van der Waals surface area contributed by atoms with E-state index in [1.807, 2.05) is 12.1 Å². The largest absolute Gasteiger partial charge is 0.344 e. The monoisotopic (exact) mass is 356 g/mol. The maximum absolute atomic E-state index is 13.3. The lowest BCUT2D eigenvalue weighted by Gasteiger charge is -2.21. The van der Waals surface area contributed by atoms with Crippen molar-refractivity contribution in [3.8, 4) is 11.3 Å². The zero-order chi connectivity index (χ0) is 18.5. The first-order chi connectivity index (χ1) is 12.5. The minimum absolute atomic E-state index is 0.0134. The van der Waals surface area contributed by atoms with Crippen LogP contribution in [0.3, 0.4) is 0 Å². The zero-order valence-corrected chi connectivity index (χ0v) is 14.8. The zero-order valence-electron chi connectivity index (χ0n) is 14.8. The molecule has 0 aliphatic carbocycles. The Balaban J connectivity index is 1.51. The van der Waals surface area contributed by atoms with Crippen LogP contribution in [-0.2, 0) is 11.2 Å². The van der Waals surface area contributed by atoms with Crippen LogP contribution >= 0.6 is 0 Å². The Morgan fingerprint density at radius 1 is 1.38 bits per heavy atom. The van der Waals surface area contributed by atoms with Crippen LogP contribution < -0.4 is 0 Å². The summed E-state index contributed by atoms with van der Waals surface area (Å²) in [7, 11) is 1.78. The highest BCUT2D eigenvalue weighted by Gasteiger charge is 2.19. The van der Waals surface area contributed by atoms with Crippen LogP contribution in [0.25, 0.3) is 11.3 Å². The van der Waals surface area contributed by atoms with Gasteiger partial charge in [0.2, 0.25) is 5.91 Å². The maximum Gasteiger partial charge on any atom is 0.246 e. The molecule has 0 saturated heterocycles. The lowest BCUT2D eigenvalue weighted by Crippen LogP contribution is -2.34. The van der Waals surface area contributed by atoms with E-state index >= 15 is 0 Å². The lowest BCUT2D eigenvalue weighted by molar-refractivity contribution is -0.133. The van der Waals surface area contributed by atoms with E-state index in [1.165, 1.54) is 24.8 Å². The van der Waals surface area contributed by atoms with E-state index in [0.29, 0.717) is 12.2 Å². The van der Waals surface area contributed by atoms with Crippen molar-refractivity contribution in [1.82, 2.24) is 29.9 Å². The third-order valence-electron chi connectivity index (χ3n) is 4.26. The number of amides is 1. The van der Waals surface area contributed by atoms with Gasteiger partial charge in [0.25, 0.3) is 0 Å². The Labute approximate surface area is 150 Å². The second-order valence-corrected chi connectivity index (χ2v) is 6.20. The Bertz CT molecular complexity index is 860. The van der Waals surface area contributed by atoms with Gasteiger partial charge in [0.05, 0.1) is 5.69 Å². The summed E-state index contributed by atoms with van der Waals surface area (Å²) in [4.78, 5) is 17.9. The molecule has 0 saturated carbocycles. The summed E-state index contributed by atoms with van der Waals surface area (Å²) in [5, 5.41) is 11.2. The summed E-state index contributed by atoms with van der Waals surface area (Å²) in [6.07, 6.45) is 4.49. The van der Waals surface area contributed by atoms with E-state index < -0.39 is 0 Å². The first-order valence-electron chi connectivity index (χ1n) is 8.44. The van der Waals surface area contributed by atoms with E-state index in [1.54, 1.807) is 29.6 Å². The van der Waals surface area contributed by atoms with Crippen molar-refractivity contribution in [1.29, 1.82) is 0 Å². The van der Waals surface area contributed by atoms with Crippen LogP contribution in [0.2, 0.25) is 0 Å². The summed E-state index contributed by atoms with van der Waals surface area (Å²) in [5.74, 6) is -0.297. The highest BCUT2D eigenvalue weighted by atomic mass is 19.1. The molecule has 7 nitrogen and oxygen atoms in total. The predicted molar refractivity (Wildman–Crippen MR) is 94.7 cm³/mol. The molecule has 0 radical (unpaired) electrons. The molecule has 1 N–H and O–H groups in total. The Morgan fingerprint density at radius 3 is 2.96 bits per heavy atom. The number of H-pyrrole nitrogens is 1. The standard InChI is InChI=1S/C18H21FN6O/c1-13(25-12-20-11-21-25)18(26)24(2)8-4-7-16-10-17(23-22-16)14-5-3-6-15(19)9-14/h3,5-6,9-13H,4,7-8H2,1-2H3,(H,22,23)/t13-/m0/s1. The molecule has 136 valence electrons. The average Bonchev–Trinajstić information content (AvgIpc) is 3.32. The summed E-state index contributed by atoms with van der Waals surface area (Å²) < 4.78 is 14.8. The second-order valence-electron chi connectivity index (χ2n) is 6.20. The molecule has 3 aromatic rings. The van der Waals surface area contributed by atoms with Crippen LogP contribution in [0.4, 0.5) is 4.39 Å². The van der Waals surface area contributed by atoms with Gasteiger partial charge in [-0.3, -0.25) is 9.89 Å². The van der Waals surface area contributed by atoms with Gasteiger partial charge in [-0.05, 0) is 38.0 Å². The topological polar surface area (TPSA) is 79.7 Å². The molecule has 3 rings (SSSR count). The predicted octanol–water partition coefficient (Wildman–Crippen LogP) is 2.46. The first kappa shape index (κ1) is 17.8. The van der Waals surface area contributed by atoms with Gasteiger partial charge in [-0.1, -0.05) is 12.1 Å². The summed E-state index contributed by atoms with van der Waals surface area (Å²) >= 11 is 0. The number of nitrogens with one attached hydrogen (secondary N) is 1. The van der Waals surface area contributed by atoms with E-state index in [-0.39, 0.29) is 17.8 Å². The molecule has 1 amide bonds. The normalized spacial score (nSPS) is 12.1. The number of nitrogens with zero attached hydrogens (tertiary/aromatic N) is 5. The quantitative estimate of drug-likeness (QED) is 0.705. The van der Waals surface area contributed by atoms with Crippen LogP contribution in [0, 0.1) is 5.82 Å². The number of carbonyl (C=O) groups excluding carboxylic acids is 1. The Hall–Kier alpha value is -3.03. The fourth-order valence-electron chi connectivity index (χ4n) is 2.75. The van der Waals surface area contributed by atoms with Crippen molar-refractivity contribution in [3.05, 3.63) is 54.5 Å². The van der Waals surface area contributed by atoms with Crippen LogP contribution in [0.15, 0.2) is 43.0 Å². The molecule has 0 bridgehead atoms. The van der Waals surface area contributed by atoms with Crippen molar-refractivity contribution in [2.45, 2.75) is 25.8 Å². The number of carbonyl (C=O) groups is 1. The van der Waals surface area contributed by atoms with Gasteiger partial charge in [-0.25, -0.2) is 14.1 Å². The highest BCUT2D eigenvalue weighted by molar-refractivity contribution is 5.79. The smallest absolute Gasteiger partial charge is 0.246 e. The van der Waals surface area contributed by atoms with Gasteiger partial charge in [0.1, 0.15) is 24.5 Å². The number of hydrogen-bond acceptors (Lipinski definition) is 4. The number of aromatic nitrogens is 5. The Morgan fingerprint density at radius 2 is 2.23 bits per heavy atom. The number of likely N-dealkylation sites (N-methyl/N-ethyl adjacent to an activating group) is 1. The number of aromatic amines is 1.